The summed E-state index contributed by atoms with van der Waals surface area (Å²) < 4.78 is 7.56. The van der Waals surface area contributed by atoms with Gasteiger partial charge in [-0.2, -0.15) is 0 Å². The molecule has 0 unspecified atom stereocenters. The van der Waals surface area contributed by atoms with Crippen LogP contribution in [0.1, 0.15) is 40.0 Å². The summed E-state index contributed by atoms with van der Waals surface area (Å²) in [6.45, 7) is 6.96. The molecule has 21 heavy (non-hydrogen) atoms. The maximum absolute atomic E-state index is 12.4. The molecule has 1 aliphatic rings. The van der Waals surface area contributed by atoms with Gasteiger partial charge in [0, 0.05) is 19.7 Å². The number of nitrogens with zero attached hydrogens (tertiary/aromatic N) is 2. The predicted molar refractivity (Wildman–Crippen MR) is 88.1 cm³/mol. The van der Waals surface area contributed by atoms with Gasteiger partial charge < -0.3 is 4.74 Å². The molecule has 5 heteroatoms. The Morgan fingerprint density at radius 3 is 2.71 bits per heavy atom. The van der Waals surface area contributed by atoms with Crippen molar-refractivity contribution in [3.05, 3.63) is 18.2 Å². The highest BCUT2D eigenvalue weighted by atomic mass is 32.2. The Morgan fingerprint density at radius 2 is 2.05 bits per heavy atom. The molecule has 0 aliphatic carbocycles. The van der Waals surface area contributed by atoms with E-state index >= 15 is 0 Å². The molecule has 1 aromatic carbocycles. The molecular formula is C16H24N2O2S. The average molecular weight is 308 g/mol. The van der Waals surface area contributed by atoms with E-state index in [0.717, 1.165) is 42.1 Å². The number of anilines is 1. The van der Waals surface area contributed by atoms with Crippen LogP contribution in [-0.4, -0.2) is 30.0 Å². The zero-order valence-corrected chi connectivity index (χ0v) is 14.1. The minimum Gasteiger partial charge on any atom is -0.491 e. The number of ether oxygens (including phenoxy) is 1. The number of hydrogen-bond donors (Lipinski definition) is 0. The molecule has 0 aromatic heterocycles. The van der Waals surface area contributed by atoms with Gasteiger partial charge in [-0.05, 0) is 44.3 Å². The maximum Gasteiger partial charge on any atom is 0.334 e. The molecule has 0 saturated carbocycles. The number of carbonyl (C=O) groups excluding carboxylic acids is 1. The SMILES string of the molecule is CCCCCN1Sc2ccc(OC(C)C)cc2N(C)C1=O. The van der Waals surface area contributed by atoms with Crippen molar-refractivity contribution in [2.24, 2.45) is 0 Å². The monoisotopic (exact) mass is 308 g/mol. The summed E-state index contributed by atoms with van der Waals surface area (Å²) in [5.74, 6) is 0.809. The summed E-state index contributed by atoms with van der Waals surface area (Å²) in [5, 5.41) is 0. The lowest BCUT2D eigenvalue weighted by atomic mass is 10.2. The van der Waals surface area contributed by atoms with Gasteiger partial charge in [0.05, 0.1) is 16.7 Å². The van der Waals surface area contributed by atoms with Crippen LogP contribution in [0.25, 0.3) is 0 Å². The van der Waals surface area contributed by atoms with Gasteiger partial charge >= 0.3 is 6.03 Å². The summed E-state index contributed by atoms with van der Waals surface area (Å²) >= 11 is 1.53. The first-order valence-corrected chi connectivity index (χ1v) is 8.34. The number of rotatable bonds is 6. The Kier molecular flexibility index (Phi) is 5.39. The molecule has 0 saturated heterocycles. The Bertz CT molecular complexity index is 505. The molecule has 0 spiro atoms. The number of hydrogen-bond acceptors (Lipinski definition) is 3. The molecule has 0 N–H and O–H groups in total. The molecule has 2 amide bonds. The number of unbranched alkanes of at least 4 members (excludes halogenated alkanes) is 2. The van der Waals surface area contributed by atoms with Crippen LogP contribution in [0, 0.1) is 0 Å². The van der Waals surface area contributed by atoms with Crippen molar-refractivity contribution in [2.75, 3.05) is 18.5 Å². The Balaban J connectivity index is 2.15. The van der Waals surface area contributed by atoms with Crippen LogP contribution < -0.4 is 9.64 Å². The van der Waals surface area contributed by atoms with Crippen molar-refractivity contribution in [1.82, 2.24) is 4.31 Å². The molecule has 1 aliphatic heterocycles. The third kappa shape index (κ3) is 3.84. The van der Waals surface area contributed by atoms with Gasteiger partial charge in [0.15, 0.2) is 0 Å². The molecule has 1 aromatic rings. The van der Waals surface area contributed by atoms with Gasteiger partial charge in [-0.3, -0.25) is 9.21 Å². The van der Waals surface area contributed by atoms with Gasteiger partial charge in [0.25, 0.3) is 0 Å². The van der Waals surface area contributed by atoms with Crippen LogP contribution in [0.5, 0.6) is 5.75 Å². The largest absolute Gasteiger partial charge is 0.491 e. The van der Waals surface area contributed by atoms with E-state index in [2.05, 4.69) is 6.92 Å². The minimum atomic E-state index is 0.0466. The van der Waals surface area contributed by atoms with Crippen molar-refractivity contribution < 1.29 is 9.53 Å². The predicted octanol–water partition coefficient (Wildman–Crippen LogP) is 4.54. The lowest BCUT2D eigenvalue weighted by molar-refractivity contribution is 0.231. The van der Waals surface area contributed by atoms with Gasteiger partial charge in [0.2, 0.25) is 0 Å². The van der Waals surface area contributed by atoms with E-state index in [1.54, 1.807) is 4.90 Å². The van der Waals surface area contributed by atoms with Crippen molar-refractivity contribution in [3.63, 3.8) is 0 Å². The van der Waals surface area contributed by atoms with Crippen LogP contribution >= 0.6 is 11.9 Å². The fourth-order valence-corrected chi connectivity index (χ4v) is 3.33. The number of amides is 2. The number of benzene rings is 1. The zero-order chi connectivity index (χ0) is 15.4. The molecular weight excluding hydrogens is 284 g/mol. The van der Waals surface area contributed by atoms with E-state index in [1.165, 1.54) is 11.9 Å². The van der Waals surface area contributed by atoms with Crippen LogP contribution in [0.4, 0.5) is 10.5 Å². The second-order valence-electron chi connectivity index (χ2n) is 5.54. The first-order valence-electron chi connectivity index (χ1n) is 7.56. The highest BCUT2D eigenvalue weighted by molar-refractivity contribution is 7.97. The summed E-state index contributed by atoms with van der Waals surface area (Å²) in [5.41, 5.74) is 0.926. The highest BCUT2D eigenvalue weighted by Gasteiger charge is 2.28. The maximum atomic E-state index is 12.4. The fourth-order valence-electron chi connectivity index (χ4n) is 2.26. The fraction of sp³-hybridized carbons (Fsp3) is 0.562. The van der Waals surface area contributed by atoms with Gasteiger partial charge in [-0.25, -0.2) is 4.79 Å². The first-order chi connectivity index (χ1) is 10.0. The zero-order valence-electron chi connectivity index (χ0n) is 13.3. The van der Waals surface area contributed by atoms with Crippen molar-refractivity contribution in [2.45, 2.75) is 51.0 Å². The van der Waals surface area contributed by atoms with E-state index in [4.69, 9.17) is 4.74 Å². The molecule has 4 nitrogen and oxygen atoms in total. The molecule has 116 valence electrons. The molecule has 0 bridgehead atoms. The second-order valence-corrected chi connectivity index (χ2v) is 6.60. The van der Waals surface area contributed by atoms with Crippen LogP contribution in [0.3, 0.4) is 0 Å². The number of urea groups is 1. The van der Waals surface area contributed by atoms with E-state index in [-0.39, 0.29) is 12.1 Å². The van der Waals surface area contributed by atoms with Crippen LogP contribution in [0.15, 0.2) is 23.1 Å². The van der Waals surface area contributed by atoms with E-state index in [9.17, 15) is 4.79 Å². The Hall–Kier alpha value is -1.36. The lowest BCUT2D eigenvalue weighted by Gasteiger charge is -2.34. The van der Waals surface area contributed by atoms with Gasteiger partial charge in [-0.1, -0.05) is 19.8 Å². The summed E-state index contributed by atoms with van der Waals surface area (Å²) in [6.07, 6.45) is 3.50. The average Bonchev–Trinajstić information content (AvgIpc) is 2.44. The molecule has 0 atom stereocenters. The molecule has 0 radical (unpaired) electrons. The Labute approximate surface area is 131 Å². The summed E-state index contributed by atoms with van der Waals surface area (Å²) in [7, 11) is 1.83. The van der Waals surface area contributed by atoms with E-state index in [0.29, 0.717) is 0 Å². The smallest absolute Gasteiger partial charge is 0.334 e. The summed E-state index contributed by atoms with van der Waals surface area (Å²) in [4.78, 5) is 15.2. The van der Waals surface area contributed by atoms with Gasteiger partial charge in [0.1, 0.15) is 5.75 Å². The quantitative estimate of drug-likeness (QED) is 0.571. The first kappa shape index (κ1) is 16.0. The molecule has 0 fully saturated rings. The van der Waals surface area contributed by atoms with Crippen molar-refractivity contribution in [3.8, 4) is 5.75 Å². The van der Waals surface area contributed by atoms with E-state index in [1.807, 2.05) is 43.4 Å². The third-order valence-electron chi connectivity index (χ3n) is 3.34. The molecule has 2 rings (SSSR count). The standard InChI is InChI=1S/C16H24N2O2S/c1-5-6-7-10-18-16(19)17(4)14-11-13(20-12(2)3)8-9-15(14)21-18/h8-9,11-12H,5-7,10H2,1-4H3. The topological polar surface area (TPSA) is 32.8 Å². The highest BCUT2D eigenvalue weighted by Crippen LogP contribution is 2.40. The van der Waals surface area contributed by atoms with Crippen molar-refractivity contribution >= 4 is 23.7 Å². The van der Waals surface area contributed by atoms with E-state index < -0.39 is 0 Å². The normalized spacial score (nSPS) is 14.6. The van der Waals surface area contributed by atoms with Gasteiger partial charge in [-0.15, -0.1) is 0 Å². The molecule has 1 heterocycles. The second kappa shape index (κ2) is 7.07. The number of fused-ring (bicyclic) bond motifs is 1. The third-order valence-corrected chi connectivity index (χ3v) is 4.44. The number of carbonyl (C=O) groups is 1. The Morgan fingerprint density at radius 1 is 1.29 bits per heavy atom. The minimum absolute atomic E-state index is 0.0466. The lowest BCUT2D eigenvalue weighted by Crippen LogP contribution is -2.41. The van der Waals surface area contributed by atoms with Crippen LogP contribution in [-0.2, 0) is 0 Å². The summed E-state index contributed by atoms with van der Waals surface area (Å²) in [6, 6.07) is 6.00. The van der Waals surface area contributed by atoms with Crippen molar-refractivity contribution in [1.29, 1.82) is 0 Å². The van der Waals surface area contributed by atoms with Crippen LogP contribution in [0.2, 0.25) is 0 Å².